The number of hydrogen-bond donors (Lipinski definition) is 2. The van der Waals surface area contributed by atoms with Gasteiger partial charge in [0.1, 0.15) is 12.1 Å². The van der Waals surface area contributed by atoms with Crippen LogP contribution in [0.4, 0.5) is 0 Å². The van der Waals surface area contributed by atoms with Gasteiger partial charge >= 0.3 is 0 Å². The largest absolute Gasteiger partial charge is 0.368 e. The Labute approximate surface area is 154 Å². The first-order valence-electron chi connectivity index (χ1n) is 9.37. The topological polar surface area (TPSA) is 120 Å². The summed E-state index contributed by atoms with van der Waals surface area (Å²) < 4.78 is 0. The number of carbonyl (C=O) groups is 3. The van der Waals surface area contributed by atoms with E-state index < -0.39 is 18.0 Å². The molecule has 3 N–H and O–H groups in total. The monoisotopic (exact) mass is 363 g/mol. The standard InChI is InChI=1S/C18H29N5O3/c1-12(2)9-14(18(26)23-8-4-6-15(23)17(20)25)21-11-16(24)22-7-3-5-13(22)10-19/h12-15,21H,3-9,11H2,1-2H3,(H2,20,25)/t13-,14-,15-/m0/s1. The quantitative estimate of drug-likeness (QED) is 0.659. The van der Waals surface area contributed by atoms with Gasteiger partial charge in [0.2, 0.25) is 17.7 Å². The van der Waals surface area contributed by atoms with E-state index in [0.717, 1.165) is 12.8 Å². The number of rotatable bonds is 7. The minimum Gasteiger partial charge on any atom is -0.368 e. The number of nitrogens with zero attached hydrogens (tertiary/aromatic N) is 3. The van der Waals surface area contributed by atoms with Gasteiger partial charge in [-0.1, -0.05) is 13.8 Å². The number of nitrogens with two attached hydrogens (primary N) is 1. The van der Waals surface area contributed by atoms with Gasteiger partial charge in [0.25, 0.3) is 0 Å². The molecule has 3 amide bonds. The molecule has 3 atom stereocenters. The van der Waals surface area contributed by atoms with Crippen LogP contribution in [0.2, 0.25) is 0 Å². The van der Waals surface area contributed by atoms with E-state index in [2.05, 4.69) is 11.4 Å². The molecule has 0 aromatic heterocycles. The first-order valence-corrected chi connectivity index (χ1v) is 9.37. The number of primary amides is 1. The van der Waals surface area contributed by atoms with E-state index in [1.54, 1.807) is 9.80 Å². The van der Waals surface area contributed by atoms with Crippen molar-refractivity contribution in [3.63, 3.8) is 0 Å². The van der Waals surface area contributed by atoms with Crippen molar-refractivity contribution < 1.29 is 14.4 Å². The Morgan fingerprint density at radius 2 is 1.85 bits per heavy atom. The van der Waals surface area contributed by atoms with Gasteiger partial charge in [-0.25, -0.2) is 0 Å². The van der Waals surface area contributed by atoms with Crippen molar-refractivity contribution in [1.29, 1.82) is 5.26 Å². The van der Waals surface area contributed by atoms with Gasteiger partial charge in [0.05, 0.1) is 18.7 Å². The summed E-state index contributed by atoms with van der Waals surface area (Å²) in [5.74, 6) is -0.571. The van der Waals surface area contributed by atoms with Gasteiger partial charge in [-0.15, -0.1) is 0 Å². The first kappa shape index (κ1) is 20.2. The van der Waals surface area contributed by atoms with Gasteiger partial charge in [0, 0.05) is 13.1 Å². The Balaban J connectivity index is 2.00. The Morgan fingerprint density at radius 1 is 1.19 bits per heavy atom. The van der Waals surface area contributed by atoms with Crippen LogP contribution in [-0.4, -0.2) is 65.3 Å². The van der Waals surface area contributed by atoms with Gasteiger partial charge in [-0.05, 0) is 38.0 Å². The normalized spacial score (nSPS) is 23.9. The fraction of sp³-hybridized carbons (Fsp3) is 0.778. The second kappa shape index (κ2) is 8.99. The van der Waals surface area contributed by atoms with Gasteiger partial charge in [-0.3, -0.25) is 19.7 Å². The molecule has 2 rings (SSSR count). The zero-order chi connectivity index (χ0) is 19.3. The van der Waals surface area contributed by atoms with E-state index in [1.165, 1.54) is 0 Å². The number of hydrogen-bond acceptors (Lipinski definition) is 5. The molecule has 2 fully saturated rings. The molecule has 8 nitrogen and oxygen atoms in total. The predicted octanol–water partition coefficient (Wildman–Crippen LogP) is -0.0184. The number of carbonyl (C=O) groups excluding carboxylic acids is 3. The van der Waals surface area contributed by atoms with E-state index in [1.807, 2.05) is 13.8 Å². The highest BCUT2D eigenvalue weighted by atomic mass is 16.2. The first-order chi connectivity index (χ1) is 12.3. The van der Waals surface area contributed by atoms with Gasteiger partial charge < -0.3 is 15.5 Å². The van der Waals surface area contributed by atoms with Crippen molar-refractivity contribution >= 4 is 17.7 Å². The molecule has 0 aromatic rings. The maximum atomic E-state index is 12.9. The maximum Gasteiger partial charge on any atom is 0.240 e. The summed E-state index contributed by atoms with van der Waals surface area (Å²) in [6.45, 7) is 5.12. The number of nitriles is 1. The molecule has 2 aliphatic rings. The SMILES string of the molecule is CC(C)C[C@H](NCC(=O)N1CCC[C@H]1C#N)C(=O)N1CCC[C@H]1C(N)=O. The third-order valence-corrected chi connectivity index (χ3v) is 5.09. The van der Waals surface area contributed by atoms with Crippen molar-refractivity contribution in [1.82, 2.24) is 15.1 Å². The second-order valence-electron chi connectivity index (χ2n) is 7.53. The molecule has 0 unspecified atom stereocenters. The Kier molecular flexibility index (Phi) is 6.98. The summed E-state index contributed by atoms with van der Waals surface area (Å²) in [5, 5.41) is 12.2. The molecular weight excluding hydrogens is 334 g/mol. The molecule has 0 radical (unpaired) electrons. The maximum absolute atomic E-state index is 12.9. The molecule has 2 saturated heterocycles. The van der Waals surface area contributed by atoms with Crippen LogP contribution in [0.15, 0.2) is 0 Å². The van der Waals surface area contributed by atoms with E-state index in [0.29, 0.717) is 32.4 Å². The molecule has 144 valence electrons. The summed E-state index contributed by atoms with van der Waals surface area (Å²) in [7, 11) is 0. The Bertz CT molecular complexity index is 586. The highest BCUT2D eigenvalue weighted by molar-refractivity contribution is 5.90. The summed E-state index contributed by atoms with van der Waals surface area (Å²) in [5.41, 5.74) is 5.42. The Hall–Kier alpha value is -2.14. The zero-order valence-electron chi connectivity index (χ0n) is 15.6. The summed E-state index contributed by atoms with van der Waals surface area (Å²) in [4.78, 5) is 40.1. The Morgan fingerprint density at radius 3 is 2.46 bits per heavy atom. The highest BCUT2D eigenvalue weighted by Crippen LogP contribution is 2.20. The summed E-state index contributed by atoms with van der Waals surface area (Å²) >= 11 is 0. The van der Waals surface area contributed by atoms with Crippen LogP contribution in [0.1, 0.15) is 46.0 Å². The summed E-state index contributed by atoms with van der Waals surface area (Å²) in [6.07, 6.45) is 3.43. The minimum atomic E-state index is -0.559. The van der Waals surface area contributed by atoms with E-state index in [4.69, 9.17) is 11.0 Å². The highest BCUT2D eigenvalue weighted by Gasteiger charge is 2.36. The average molecular weight is 363 g/mol. The molecule has 0 aliphatic carbocycles. The molecule has 0 saturated carbocycles. The van der Waals surface area contributed by atoms with Crippen molar-refractivity contribution in [3.05, 3.63) is 0 Å². The fourth-order valence-electron chi connectivity index (χ4n) is 3.78. The summed E-state index contributed by atoms with van der Waals surface area (Å²) in [6, 6.07) is 0.679. The van der Waals surface area contributed by atoms with Gasteiger partial charge in [0.15, 0.2) is 0 Å². The number of likely N-dealkylation sites (tertiary alicyclic amines) is 2. The molecule has 26 heavy (non-hydrogen) atoms. The van der Waals surface area contributed by atoms with Crippen LogP contribution in [0.3, 0.4) is 0 Å². The molecule has 8 heteroatoms. The lowest BCUT2D eigenvalue weighted by atomic mass is 10.0. The molecule has 2 aliphatic heterocycles. The lowest BCUT2D eigenvalue weighted by molar-refractivity contribution is -0.139. The molecular formula is C18H29N5O3. The lowest BCUT2D eigenvalue weighted by Gasteiger charge is -2.29. The van der Waals surface area contributed by atoms with Crippen molar-refractivity contribution in [2.45, 2.75) is 64.1 Å². The molecule has 0 aromatic carbocycles. The van der Waals surface area contributed by atoms with Crippen LogP contribution in [0.25, 0.3) is 0 Å². The van der Waals surface area contributed by atoms with E-state index >= 15 is 0 Å². The van der Waals surface area contributed by atoms with Crippen LogP contribution in [-0.2, 0) is 14.4 Å². The number of amides is 3. The lowest BCUT2D eigenvalue weighted by Crippen LogP contribution is -2.53. The second-order valence-corrected chi connectivity index (χ2v) is 7.53. The zero-order valence-corrected chi connectivity index (χ0v) is 15.6. The third kappa shape index (κ3) is 4.73. The molecule has 0 spiro atoms. The minimum absolute atomic E-state index is 0.0103. The van der Waals surface area contributed by atoms with Crippen molar-refractivity contribution in [2.24, 2.45) is 11.7 Å². The fourth-order valence-corrected chi connectivity index (χ4v) is 3.78. The van der Waals surface area contributed by atoms with E-state index in [9.17, 15) is 14.4 Å². The van der Waals surface area contributed by atoms with Crippen LogP contribution in [0, 0.1) is 17.2 Å². The van der Waals surface area contributed by atoms with E-state index in [-0.39, 0.29) is 30.3 Å². The van der Waals surface area contributed by atoms with Crippen molar-refractivity contribution in [2.75, 3.05) is 19.6 Å². The smallest absolute Gasteiger partial charge is 0.240 e. The molecule has 0 bridgehead atoms. The van der Waals surface area contributed by atoms with Gasteiger partial charge in [-0.2, -0.15) is 5.26 Å². The average Bonchev–Trinajstić information content (AvgIpc) is 3.25. The van der Waals surface area contributed by atoms with Crippen LogP contribution >= 0.6 is 0 Å². The number of nitrogens with one attached hydrogen (secondary N) is 1. The van der Waals surface area contributed by atoms with Crippen LogP contribution < -0.4 is 11.1 Å². The third-order valence-electron chi connectivity index (χ3n) is 5.09. The molecule has 2 heterocycles. The van der Waals surface area contributed by atoms with Crippen molar-refractivity contribution in [3.8, 4) is 6.07 Å². The van der Waals surface area contributed by atoms with Crippen LogP contribution in [0.5, 0.6) is 0 Å². The predicted molar refractivity (Wildman–Crippen MR) is 95.5 cm³/mol.